The van der Waals surface area contributed by atoms with E-state index in [2.05, 4.69) is 61.5 Å². The molecule has 0 aliphatic carbocycles. The molecule has 38 heavy (non-hydrogen) atoms. The van der Waals surface area contributed by atoms with Gasteiger partial charge in [-0.2, -0.15) is 5.10 Å². The number of aliphatic hydroxyl groups excluding tert-OH is 1. The Morgan fingerprint density at radius 1 is 1.11 bits per heavy atom. The highest BCUT2D eigenvalue weighted by atomic mass is 16.5. The van der Waals surface area contributed by atoms with Crippen LogP contribution in [0.4, 0.5) is 0 Å². The first-order chi connectivity index (χ1) is 18.3. The third kappa shape index (κ3) is 6.70. The number of carbonyl (C=O) groups is 1. The normalized spacial score (nSPS) is 13.2. The monoisotopic (exact) mass is 519 g/mol. The van der Waals surface area contributed by atoms with Crippen LogP contribution < -0.4 is 14.8 Å². The number of nitrogens with one attached hydrogen (secondary N) is 1. The first-order valence-electron chi connectivity index (χ1n) is 12.6. The number of rotatable bonds is 13. The SMILES string of the molecule is CC/C=C(\C(C)=C(/C)c1cnn(-c2cc(OC)c(CCNC(CO)C(=O)O)c(OC)c2)c1)c1ccccc1. The molecule has 0 radical (unpaired) electrons. The van der Waals surface area contributed by atoms with Gasteiger partial charge in [0.05, 0.1) is 32.7 Å². The summed E-state index contributed by atoms with van der Waals surface area (Å²) in [4.78, 5) is 11.2. The van der Waals surface area contributed by atoms with Crippen molar-refractivity contribution in [3.63, 3.8) is 0 Å². The summed E-state index contributed by atoms with van der Waals surface area (Å²) in [5.74, 6) is 0.112. The first-order valence-corrected chi connectivity index (χ1v) is 12.6. The number of aromatic nitrogens is 2. The first kappa shape index (κ1) is 28.7. The van der Waals surface area contributed by atoms with Crippen LogP contribution in [0.1, 0.15) is 43.9 Å². The molecule has 2 aromatic carbocycles. The molecule has 0 aliphatic heterocycles. The van der Waals surface area contributed by atoms with Crippen LogP contribution >= 0.6 is 0 Å². The van der Waals surface area contributed by atoms with Gasteiger partial charge in [-0.15, -0.1) is 0 Å². The van der Waals surface area contributed by atoms with Gasteiger partial charge in [-0.3, -0.25) is 4.79 Å². The molecule has 0 fully saturated rings. The van der Waals surface area contributed by atoms with E-state index in [9.17, 15) is 9.90 Å². The number of carboxylic acid groups (broad SMARTS) is 1. The van der Waals surface area contributed by atoms with Gasteiger partial charge in [0.15, 0.2) is 0 Å². The second-order valence-corrected chi connectivity index (χ2v) is 8.92. The molecule has 8 nitrogen and oxygen atoms in total. The quantitative estimate of drug-likeness (QED) is 0.280. The smallest absolute Gasteiger partial charge is 0.323 e. The molecule has 202 valence electrons. The van der Waals surface area contributed by atoms with Crippen LogP contribution in [0, 0.1) is 0 Å². The van der Waals surface area contributed by atoms with Gasteiger partial charge < -0.3 is 25.0 Å². The summed E-state index contributed by atoms with van der Waals surface area (Å²) >= 11 is 0. The fourth-order valence-corrected chi connectivity index (χ4v) is 4.34. The van der Waals surface area contributed by atoms with Gasteiger partial charge >= 0.3 is 5.97 Å². The van der Waals surface area contributed by atoms with Crippen molar-refractivity contribution in [1.82, 2.24) is 15.1 Å². The van der Waals surface area contributed by atoms with Crippen LogP contribution in [0.25, 0.3) is 16.8 Å². The maximum atomic E-state index is 11.2. The van der Waals surface area contributed by atoms with E-state index in [1.54, 1.807) is 18.9 Å². The Morgan fingerprint density at radius 2 is 1.76 bits per heavy atom. The van der Waals surface area contributed by atoms with Crippen molar-refractivity contribution in [2.24, 2.45) is 0 Å². The third-order valence-electron chi connectivity index (χ3n) is 6.58. The van der Waals surface area contributed by atoms with Gasteiger partial charge in [0, 0.05) is 36.0 Å². The molecule has 3 N–H and O–H groups in total. The number of benzene rings is 2. The second-order valence-electron chi connectivity index (χ2n) is 8.92. The molecule has 1 atom stereocenters. The summed E-state index contributed by atoms with van der Waals surface area (Å²) in [5.41, 5.74) is 7.31. The van der Waals surface area contributed by atoms with Gasteiger partial charge in [-0.05, 0) is 49.0 Å². The molecular weight excluding hydrogens is 482 g/mol. The number of hydrogen-bond acceptors (Lipinski definition) is 6. The molecule has 0 bridgehead atoms. The lowest BCUT2D eigenvalue weighted by molar-refractivity contribution is -0.140. The van der Waals surface area contributed by atoms with Crippen molar-refractivity contribution in [2.45, 2.75) is 39.7 Å². The van der Waals surface area contributed by atoms with Gasteiger partial charge in [0.25, 0.3) is 0 Å². The minimum Gasteiger partial charge on any atom is -0.496 e. The van der Waals surface area contributed by atoms with Crippen molar-refractivity contribution in [3.8, 4) is 17.2 Å². The standard InChI is InChI=1S/C30H37N3O5/c1-6-10-25(22-11-8-7-9-12-22)21(3)20(2)23-17-32-33(18-23)24-15-28(37-4)26(29(16-24)38-5)13-14-31-27(19-34)30(35)36/h7-12,15-18,27,31,34H,6,13-14,19H2,1-5H3,(H,35,36)/b21-20+,25-10+. The minimum absolute atomic E-state index is 0.327. The van der Waals surface area contributed by atoms with Crippen molar-refractivity contribution < 1.29 is 24.5 Å². The maximum Gasteiger partial charge on any atom is 0.323 e. The van der Waals surface area contributed by atoms with Crippen LogP contribution in [0.15, 0.2) is 66.5 Å². The van der Waals surface area contributed by atoms with Crippen molar-refractivity contribution in [1.29, 1.82) is 0 Å². The summed E-state index contributed by atoms with van der Waals surface area (Å²) in [6.07, 6.45) is 7.48. The van der Waals surface area contributed by atoms with E-state index < -0.39 is 18.6 Å². The number of nitrogens with zero attached hydrogens (tertiary/aromatic N) is 2. The van der Waals surface area contributed by atoms with Gasteiger partial charge in [0.1, 0.15) is 17.5 Å². The highest BCUT2D eigenvalue weighted by Gasteiger charge is 2.18. The number of carboxylic acids is 1. The predicted octanol–water partition coefficient (Wildman–Crippen LogP) is 4.75. The third-order valence-corrected chi connectivity index (χ3v) is 6.58. The Labute approximate surface area is 224 Å². The van der Waals surface area contributed by atoms with Gasteiger partial charge in [0.2, 0.25) is 0 Å². The lowest BCUT2D eigenvalue weighted by Gasteiger charge is -2.17. The topological polar surface area (TPSA) is 106 Å². The van der Waals surface area contributed by atoms with E-state index in [0.717, 1.165) is 28.8 Å². The van der Waals surface area contributed by atoms with Crippen molar-refractivity contribution in [3.05, 3.63) is 83.2 Å². The van der Waals surface area contributed by atoms with E-state index in [1.807, 2.05) is 30.6 Å². The van der Waals surface area contributed by atoms with E-state index in [0.29, 0.717) is 24.5 Å². The molecule has 1 heterocycles. The largest absolute Gasteiger partial charge is 0.496 e. The van der Waals surface area contributed by atoms with Crippen LogP contribution in [0.2, 0.25) is 0 Å². The maximum absolute atomic E-state index is 11.2. The number of ether oxygens (including phenoxy) is 2. The Balaban J connectivity index is 1.91. The van der Waals surface area contributed by atoms with Crippen LogP contribution in [0.5, 0.6) is 11.5 Å². The molecule has 8 heteroatoms. The van der Waals surface area contributed by atoms with Crippen LogP contribution in [-0.4, -0.2) is 59.4 Å². The van der Waals surface area contributed by atoms with Crippen LogP contribution in [-0.2, 0) is 11.2 Å². The Hall–Kier alpha value is -3.88. The van der Waals surface area contributed by atoms with Crippen molar-refractivity contribution in [2.75, 3.05) is 27.4 Å². The van der Waals surface area contributed by atoms with Crippen LogP contribution in [0.3, 0.4) is 0 Å². The zero-order valence-electron chi connectivity index (χ0n) is 22.7. The van der Waals surface area contributed by atoms with E-state index in [-0.39, 0.29) is 0 Å². The number of aliphatic hydroxyl groups is 1. The molecule has 3 aromatic rings. The fourth-order valence-electron chi connectivity index (χ4n) is 4.34. The Morgan fingerprint density at radius 3 is 2.32 bits per heavy atom. The molecular formula is C30H37N3O5. The molecule has 1 unspecified atom stereocenters. The van der Waals surface area contributed by atoms with E-state index in [4.69, 9.17) is 14.6 Å². The zero-order valence-corrected chi connectivity index (χ0v) is 22.7. The second kappa shape index (κ2) is 13.6. The lowest BCUT2D eigenvalue weighted by atomic mass is 9.93. The summed E-state index contributed by atoms with van der Waals surface area (Å²) in [6, 6.07) is 13.1. The number of methoxy groups -OCH3 is 2. The summed E-state index contributed by atoms with van der Waals surface area (Å²) < 4.78 is 13.1. The summed E-state index contributed by atoms with van der Waals surface area (Å²) in [7, 11) is 3.17. The number of allylic oxidation sites excluding steroid dienone is 4. The molecule has 0 amide bonds. The minimum atomic E-state index is -1.10. The van der Waals surface area contributed by atoms with E-state index >= 15 is 0 Å². The lowest BCUT2D eigenvalue weighted by Crippen LogP contribution is -2.40. The Kier molecular flexibility index (Phi) is 10.3. The molecule has 0 saturated heterocycles. The van der Waals surface area contributed by atoms with Crippen molar-refractivity contribution >= 4 is 17.1 Å². The average Bonchev–Trinajstić information content (AvgIpc) is 3.43. The van der Waals surface area contributed by atoms with Gasteiger partial charge in [-0.1, -0.05) is 43.3 Å². The number of aliphatic carboxylic acids is 1. The molecule has 0 aliphatic rings. The average molecular weight is 520 g/mol. The summed E-state index contributed by atoms with van der Waals surface area (Å²) in [5, 5.41) is 25.8. The summed E-state index contributed by atoms with van der Waals surface area (Å²) in [6.45, 7) is 6.23. The number of hydrogen-bond donors (Lipinski definition) is 3. The highest BCUT2D eigenvalue weighted by Crippen LogP contribution is 2.34. The molecule has 0 spiro atoms. The highest BCUT2D eigenvalue weighted by molar-refractivity contribution is 5.88. The Bertz CT molecular complexity index is 1270. The zero-order chi connectivity index (χ0) is 27.7. The molecule has 0 saturated carbocycles. The molecule has 1 aromatic heterocycles. The predicted molar refractivity (Wildman–Crippen MR) is 150 cm³/mol. The van der Waals surface area contributed by atoms with E-state index in [1.165, 1.54) is 16.7 Å². The molecule has 3 rings (SSSR count). The fraction of sp³-hybridized carbons (Fsp3) is 0.333. The van der Waals surface area contributed by atoms with Gasteiger partial charge in [-0.25, -0.2) is 4.68 Å².